The first kappa shape index (κ1) is 20.7. The SMILES string of the molecule is O=C(NCCOc1ccccc1Cl)c1cccc(S(=O)(=O)Nc2ccccc2)c1. The van der Waals surface area contributed by atoms with E-state index in [-0.39, 0.29) is 23.6 Å². The summed E-state index contributed by atoms with van der Waals surface area (Å²) in [5, 5.41) is 3.18. The van der Waals surface area contributed by atoms with E-state index >= 15 is 0 Å². The van der Waals surface area contributed by atoms with Crippen LogP contribution in [0.3, 0.4) is 0 Å². The molecule has 0 radical (unpaired) electrons. The minimum atomic E-state index is -3.80. The van der Waals surface area contributed by atoms with Gasteiger partial charge in [-0.15, -0.1) is 0 Å². The van der Waals surface area contributed by atoms with Gasteiger partial charge in [-0.3, -0.25) is 9.52 Å². The molecule has 6 nitrogen and oxygen atoms in total. The van der Waals surface area contributed by atoms with Gasteiger partial charge in [-0.05, 0) is 42.5 Å². The number of ether oxygens (including phenoxy) is 1. The van der Waals surface area contributed by atoms with Gasteiger partial charge < -0.3 is 10.1 Å². The highest BCUT2D eigenvalue weighted by atomic mass is 35.5. The molecule has 0 spiro atoms. The largest absolute Gasteiger partial charge is 0.490 e. The number of sulfonamides is 1. The number of para-hydroxylation sites is 2. The Bertz CT molecular complexity index is 1090. The molecule has 0 aromatic heterocycles. The van der Waals surface area contributed by atoms with Gasteiger partial charge in [0.05, 0.1) is 16.5 Å². The molecule has 0 fully saturated rings. The van der Waals surface area contributed by atoms with Gasteiger partial charge in [0, 0.05) is 11.3 Å². The quantitative estimate of drug-likeness (QED) is 0.530. The molecule has 0 saturated heterocycles. The lowest BCUT2D eigenvalue weighted by Crippen LogP contribution is -2.28. The summed E-state index contributed by atoms with van der Waals surface area (Å²) < 4.78 is 33.1. The van der Waals surface area contributed by atoms with Gasteiger partial charge in [0.1, 0.15) is 12.4 Å². The summed E-state index contributed by atoms with van der Waals surface area (Å²) in [5.74, 6) is 0.132. The number of hydrogen-bond acceptors (Lipinski definition) is 4. The molecule has 0 atom stereocenters. The van der Waals surface area contributed by atoms with Crippen LogP contribution >= 0.6 is 11.6 Å². The molecule has 0 aliphatic rings. The van der Waals surface area contributed by atoms with E-state index in [4.69, 9.17) is 16.3 Å². The van der Waals surface area contributed by atoms with Crippen LogP contribution in [-0.4, -0.2) is 27.5 Å². The smallest absolute Gasteiger partial charge is 0.261 e. The maximum absolute atomic E-state index is 12.6. The van der Waals surface area contributed by atoms with Crippen molar-refractivity contribution in [3.63, 3.8) is 0 Å². The zero-order valence-electron chi connectivity index (χ0n) is 15.3. The number of anilines is 1. The Labute approximate surface area is 174 Å². The summed E-state index contributed by atoms with van der Waals surface area (Å²) in [4.78, 5) is 12.4. The predicted octanol–water partition coefficient (Wildman–Crippen LogP) is 3.95. The van der Waals surface area contributed by atoms with Crippen molar-refractivity contribution < 1.29 is 17.9 Å². The normalized spacial score (nSPS) is 10.9. The Morgan fingerprint density at radius 1 is 0.931 bits per heavy atom. The molecule has 0 aliphatic heterocycles. The first-order chi connectivity index (χ1) is 14.0. The Balaban J connectivity index is 1.59. The average Bonchev–Trinajstić information content (AvgIpc) is 2.73. The third-order valence-electron chi connectivity index (χ3n) is 3.91. The molecule has 1 amide bonds. The molecule has 8 heteroatoms. The maximum atomic E-state index is 12.6. The third kappa shape index (κ3) is 5.73. The second-order valence-corrected chi connectivity index (χ2v) is 8.12. The fraction of sp³-hybridized carbons (Fsp3) is 0.0952. The second-order valence-electron chi connectivity index (χ2n) is 6.03. The summed E-state index contributed by atoms with van der Waals surface area (Å²) in [6.07, 6.45) is 0. The van der Waals surface area contributed by atoms with E-state index in [9.17, 15) is 13.2 Å². The van der Waals surface area contributed by atoms with Crippen molar-refractivity contribution in [2.75, 3.05) is 17.9 Å². The van der Waals surface area contributed by atoms with Crippen LogP contribution in [0.25, 0.3) is 0 Å². The lowest BCUT2D eigenvalue weighted by molar-refractivity contribution is 0.0947. The topological polar surface area (TPSA) is 84.5 Å². The van der Waals surface area contributed by atoms with Gasteiger partial charge in [0.25, 0.3) is 15.9 Å². The van der Waals surface area contributed by atoms with E-state index in [0.29, 0.717) is 16.5 Å². The number of carbonyl (C=O) groups is 1. The van der Waals surface area contributed by atoms with E-state index in [1.165, 1.54) is 18.2 Å². The molecule has 3 rings (SSSR count). The summed E-state index contributed by atoms with van der Waals surface area (Å²) in [7, 11) is -3.80. The van der Waals surface area contributed by atoms with Crippen LogP contribution in [0.5, 0.6) is 5.75 Å². The van der Waals surface area contributed by atoms with E-state index < -0.39 is 15.9 Å². The molecule has 2 N–H and O–H groups in total. The summed E-state index contributed by atoms with van der Waals surface area (Å²) >= 11 is 6.00. The molecule has 3 aromatic rings. The lowest BCUT2D eigenvalue weighted by Gasteiger charge is -2.11. The second kappa shape index (κ2) is 9.45. The molecule has 0 bridgehead atoms. The number of rotatable bonds is 8. The number of amides is 1. The van der Waals surface area contributed by atoms with Crippen LogP contribution in [0, 0.1) is 0 Å². The van der Waals surface area contributed by atoms with Crippen molar-refractivity contribution in [1.29, 1.82) is 0 Å². The van der Waals surface area contributed by atoms with E-state index in [1.807, 2.05) is 0 Å². The van der Waals surface area contributed by atoms with Crippen LogP contribution in [-0.2, 0) is 10.0 Å². The number of benzene rings is 3. The number of hydrogen-bond donors (Lipinski definition) is 2. The summed E-state index contributed by atoms with van der Waals surface area (Å²) in [6.45, 7) is 0.465. The standard InChI is InChI=1S/C21H19ClN2O4S/c22-19-11-4-5-12-20(19)28-14-13-23-21(25)16-7-6-10-18(15-16)29(26,27)24-17-8-2-1-3-9-17/h1-12,15,24H,13-14H2,(H,23,25). The Hall–Kier alpha value is -3.03. The van der Waals surface area contributed by atoms with Crippen LogP contribution in [0.2, 0.25) is 5.02 Å². The Kier molecular flexibility index (Phi) is 6.74. The molecule has 3 aromatic carbocycles. The zero-order valence-corrected chi connectivity index (χ0v) is 16.9. The fourth-order valence-corrected chi connectivity index (χ4v) is 3.81. The summed E-state index contributed by atoms with van der Waals surface area (Å²) in [6, 6.07) is 21.4. The number of nitrogens with one attached hydrogen (secondary N) is 2. The minimum Gasteiger partial charge on any atom is -0.490 e. The van der Waals surface area contributed by atoms with Crippen LogP contribution < -0.4 is 14.8 Å². The fourth-order valence-electron chi connectivity index (χ4n) is 2.51. The highest BCUT2D eigenvalue weighted by molar-refractivity contribution is 7.92. The summed E-state index contributed by atoms with van der Waals surface area (Å²) in [5.41, 5.74) is 0.678. The van der Waals surface area contributed by atoms with Gasteiger partial charge in [-0.1, -0.05) is 48.0 Å². The van der Waals surface area contributed by atoms with E-state index in [2.05, 4.69) is 10.0 Å². The van der Waals surface area contributed by atoms with Gasteiger partial charge in [0.2, 0.25) is 0 Å². The number of carbonyl (C=O) groups excluding carboxylic acids is 1. The van der Waals surface area contributed by atoms with Crippen LogP contribution in [0.15, 0.2) is 83.8 Å². The van der Waals surface area contributed by atoms with E-state index in [0.717, 1.165) is 0 Å². The predicted molar refractivity (Wildman–Crippen MR) is 113 cm³/mol. The van der Waals surface area contributed by atoms with Crippen LogP contribution in [0.1, 0.15) is 10.4 Å². The van der Waals surface area contributed by atoms with Crippen molar-refractivity contribution in [2.24, 2.45) is 0 Å². The van der Waals surface area contributed by atoms with Crippen molar-refractivity contribution in [2.45, 2.75) is 4.90 Å². The lowest BCUT2D eigenvalue weighted by atomic mass is 10.2. The van der Waals surface area contributed by atoms with Crippen LogP contribution in [0.4, 0.5) is 5.69 Å². The van der Waals surface area contributed by atoms with Gasteiger partial charge >= 0.3 is 0 Å². The van der Waals surface area contributed by atoms with Crippen molar-refractivity contribution in [3.05, 3.63) is 89.4 Å². The molecule has 0 saturated carbocycles. The van der Waals surface area contributed by atoms with Crippen molar-refractivity contribution in [3.8, 4) is 5.75 Å². The van der Waals surface area contributed by atoms with Gasteiger partial charge in [-0.2, -0.15) is 0 Å². The third-order valence-corrected chi connectivity index (χ3v) is 5.61. The minimum absolute atomic E-state index is 0.00122. The average molecular weight is 431 g/mol. The molecular formula is C21H19ClN2O4S. The highest BCUT2D eigenvalue weighted by Gasteiger charge is 2.16. The Morgan fingerprint density at radius 2 is 1.66 bits per heavy atom. The van der Waals surface area contributed by atoms with Gasteiger partial charge in [0.15, 0.2) is 0 Å². The molecule has 0 heterocycles. The first-order valence-corrected chi connectivity index (χ1v) is 10.7. The van der Waals surface area contributed by atoms with E-state index in [1.54, 1.807) is 60.7 Å². The maximum Gasteiger partial charge on any atom is 0.261 e. The monoisotopic (exact) mass is 430 g/mol. The Morgan fingerprint density at radius 3 is 2.41 bits per heavy atom. The molecule has 0 unspecified atom stereocenters. The highest BCUT2D eigenvalue weighted by Crippen LogP contribution is 2.22. The van der Waals surface area contributed by atoms with Gasteiger partial charge in [-0.25, -0.2) is 8.42 Å². The number of halogens is 1. The molecule has 150 valence electrons. The molecule has 29 heavy (non-hydrogen) atoms. The van der Waals surface area contributed by atoms with Crippen molar-refractivity contribution >= 4 is 33.2 Å². The molecule has 0 aliphatic carbocycles. The van der Waals surface area contributed by atoms with Crippen molar-refractivity contribution in [1.82, 2.24) is 5.32 Å². The zero-order chi connectivity index (χ0) is 20.7. The first-order valence-electron chi connectivity index (χ1n) is 8.79. The molecular weight excluding hydrogens is 412 g/mol.